The predicted molar refractivity (Wildman–Crippen MR) is 113 cm³/mol. The van der Waals surface area contributed by atoms with Crippen molar-refractivity contribution in [3.05, 3.63) is 0 Å². The SMILES string of the molecule is CN=C(NCC1(C)CCCC1)N1CCC(NC(=O)OC(C)(C)C)C1.I. The fourth-order valence-corrected chi connectivity index (χ4v) is 3.57. The number of ether oxygens (including phenoxy) is 1. The number of hydrogen-bond donors (Lipinski definition) is 2. The number of guanidine groups is 1. The Morgan fingerprint density at radius 1 is 1.32 bits per heavy atom. The van der Waals surface area contributed by atoms with E-state index >= 15 is 0 Å². The van der Waals surface area contributed by atoms with Gasteiger partial charge in [0.25, 0.3) is 0 Å². The van der Waals surface area contributed by atoms with Gasteiger partial charge in [0.1, 0.15) is 5.60 Å². The first-order valence-corrected chi connectivity index (χ1v) is 9.16. The van der Waals surface area contributed by atoms with Crippen molar-refractivity contribution in [1.29, 1.82) is 0 Å². The molecule has 0 aromatic carbocycles. The minimum atomic E-state index is -0.462. The summed E-state index contributed by atoms with van der Waals surface area (Å²) in [5.41, 5.74) is -0.0689. The molecule has 1 saturated carbocycles. The van der Waals surface area contributed by atoms with E-state index in [-0.39, 0.29) is 36.1 Å². The van der Waals surface area contributed by atoms with Crippen LogP contribution in [0.25, 0.3) is 0 Å². The van der Waals surface area contributed by atoms with Crippen molar-refractivity contribution in [3.63, 3.8) is 0 Å². The Balaban J connectivity index is 0.00000312. The summed E-state index contributed by atoms with van der Waals surface area (Å²) >= 11 is 0. The van der Waals surface area contributed by atoms with Crippen LogP contribution in [0.1, 0.15) is 59.8 Å². The highest BCUT2D eigenvalue weighted by atomic mass is 127. The molecule has 2 N–H and O–H groups in total. The van der Waals surface area contributed by atoms with Gasteiger partial charge in [0, 0.05) is 26.7 Å². The molecule has 0 spiro atoms. The Kier molecular flexibility index (Phi) is 8.28. The maximum Gasteiger partial charge on any atom is 0.407 e. The van der Waals surface area contributed by atoms with Crippen molar-refractivity contribution in [1.82, 2.24) is 15.5 Å². The fraction of sp³-hybridized carbons (Fsp3) is 0.889. The molecule has 0 aromatic rings. The van der Waals surface area contributed by atoms with Crippen LogP contribution in [0.3, 0.4) is 0 Å². The highest BCUT2D eigenvalue weighted by Gasteiger charge is 2.31. The van der Waals surface area contributed by atoms with Gasteiger partial charge >= 0.3 is 6.09 Å². The number of likely N-dealkylation sites (tertiary alicyclic amines) is 1. The molecule has 25 heavy (non-hydrogen) atoms. The fourth-order valence-electron chi connectivity index (χ4n) is 3.57. The van der Waals surface area contributed by atoms with E-state index in [0.29, 0.717) is 5.41 Å². The maximum absolute atomic E-state index is 11.9. The smallest absolute Gasteiger partial charge is 0.407 e. The zero-order valence-electron chi connectivity index (χ0n) is 16.4. The summed E-state index contributed by atoms with van der Waals surface area (Å²) in [7, 11) is 1.83. The molecule has 1 amide bonds. The first-order chi connectivity index (χ1) is 11.2. The average Bonchev–Trinajstić information content (AvgIpc) is 3.08. The largest absolute Gasteiger partial charge is 0.444 e. The third-order valence-corrected chi connectivity index (χ3v) is 4.90. The second-order valence-electron chi connectivity index (χ2n) is 8.50. The number of amides is 1. The molecule has 1 saturated heterocycles. The molecule has 2 aliphatic rings. The van der Waals surface area contributed by atoms with E-state index in [1.165, 1.54) is 25.7 Å². The monoisotopic (exact) mass is 466 g/mol. The number of carbonyl (C=O) groups excluding carboxylic acids is 1. The van der Waals surface area contributed by atoms with E-state index in [1.807, 2.05) is 27.8 Å². The Labute approximate surface area is 169 Å². The van der Waals surface area contributed by atoms with Gasteiger partial charge in [-0.2, -0.15) is 0 Å². The third kappa shape index (κ3) is 7.19. The van der Waals surface area contributed by atoms with Gasteiger partial charge in [0.2, 0.25) is 0 Å². The first kappa shape index (κ1) is 22.3. The highest BCUT2D eigenvalue weighted by molar-refractivity contribution is 14.0. The van der Waals surface area contributed by atoms with Crippen molar-refractivity contribution in [3.8, 4) is 0 Å². The Morgan fingerprint density at radius 2 is 1.96 bits per heavy atom. The number of aliphatic imine (C=N–C) groups is 1. The molecule has 1 aliphatic heterocycles. The summed E-state index contributed by atoms with van der Waals surface area (Å²) in [6, 6.07) is 0.112. The lowest BCUT2D eigenvalue weighted by atomic mass is 9.89. The second-order valence-corrected chi connectivity index (χ2v) is 8.50. The van der Waals surface area contributed by atoms with Gasteiger partial charge in [-0.25, -0.2) is 4.79 Å². The zero-order chi connectivity index (χ0) is 17.8. The lowest BCUT2D eigenvalue weighted by Gasteiger charge is -2.28. The molecule has 146 valence electrons. The van der Waals surface area contributed by atoms with Gasteiger partial charge in [-0.1, -0.05) is 19.8 Å². The molecule has 7 heteroatoms. The quantitative estimate of drug-likeness (QED) is 0.381. The minimum Gasteiger partial charge on any atom is -0.444 e. The topological polar surface area (TPSA) is 66.0 Å². The van der Waals surface area contributed by atoms with E-state index in [2.05, 4.69) is 27.4 Å². The van der Waals surface area contributed by atoms with Crippen LogP contribution in [-0.2, 0) is 4.74 Å². The summed E-state index contributed by atoms with van der Waals surface area (Å²) in [5, 5.41) is 6.50. The molecule has 1 aliphatic carbocycles. The summed E-state index contributed by atoms with van der Waals surface area (Å²) in [6.07, 6.45) is 5.83. The van der Waals surface area contributed by atoms with Crippen LogP contribution in [0.4, 0.5) is 4.79 Å². The van der Waals surface area contributed by atoms with E-state index in [0.717, 1.165) is 32.0 Å². The number of halogens is 1. The number of carbonyl (C=O) groups is 1. The van der Waals surface area contributed by atoms with Crippen molar-refractivity contribution < 1.29 is 9.53 Å². The normalized spacial score (nSPS) is 23.2. The molecule has 6 nitrogen and oxygen atoms in total. The van der Waals surface area contributed by atoms with Crippen LogP contribution in [0.15, 0.2) is 4.99 Å². The Bertz CT molecular complexity index is 470. The number of nitrogens with zero attached hydrogens (tertiary/aromatic N) is 2. The van der Waals surface area contributed by atoms with Crippen LogP contribution in [0, 0.1) is 5.41 Å². The summed E-state index contributed by atoms with van der Waals surface area (Å²) in [4.78, 5) is 18.6. The Morgan fingerprint density at radius 3 is 2.52 bits per heavy atom. The van der Waals surface area contributed by atoms with Crippen LogP contribution in [0.5, 0.6) is 0 Å². The number of hydrogen-bond acceptors (Lipinski definition) is 3. The summed E-state index contributed by atoms with van der Waals surface area (Å²) in [5.74, 6) is 0.941. The first-order valence-electron chi connectivity index (χ1n) is 9.16. The van der Waals surface area contributed by atoms with Gasteiger partial charge in [-0.05, 0) is 45.4 Å². The molecule has 0 bridgehead atoms. The Hall–Kier alpha value is -0.730. The number of alkyl carbamates (subject to hydrolysis) is 1. The zero-order valence-corrected chi connectivity index (χ0v) is 18.7. The molecule has 1 unspecified atom stereocenters. The summed E-state index contributed by atoms with van der Waals surface area (Å²) in [6.45, 7) is 10.6. The standard InChI is InChI=1S/C18H34N4O2.HI/c1-17(2,3)24-16(23)21-14-8-11-22(12-14)15(19-5)20-13-18(4)9-6-7-10-18;/h14H,6-13H2,1-5H3,(H,19,20)(H,21,23);1H. The molecule has 1 atom stereocenters. The predicted octanol–water partition coefficient (Wildman–Crippen LogP) is 3.36. The van der Waals surface area contributed by atoms with Crippen LogP contribution >= 0.6 is 24.0 Å². The van der Waals surface area contributed by atoms with Gasteiger partial charge < -0.3 is 20.3 Å². The summed E-state index contributed by atoms with van der Waals surface area (Å²) < 4.78 is 5.34. The molecule has 2 rings (SSSR count). The molecular weight excluding hydrogens is 431 g/mol. The molecule has 2 fully saturated rings. The van der Waals surface area contributed by atoms with E-state index < -0.39 is 5.60 Å². The van der Waals surface area contributed by atoms with Crippen molar-refractivity contribution in [2.75, 3.05) is 26.7 Å². The van der Waals surface area contributed by atoms with Gasteiger partial charge in [0.05, 0.1) is 6.04 Å². The number of nitrogens with one attached hydrogen (secondary N) is 2. The lowest BCUT2D eigenvalue weighted by Crippen LogP contribution is -2.46. The van der Waals surface area contributed by atoms with Gasteiger partial charge in [-0.15, -0.1) is 24.0 Å². The van der Waals surface area contributed by atoms with Crippen LogP contribution in [-0.4, -0.2) is 55.3 Å². The van der Waals surface area contributed by atoms with Gasteiger partial charge in [0.15, 0.2) is 5.96 Å². The van der Waals surface area contributed by atoms with Crippen LogP contribution < -0.4 is 10.6 Å². The van der Waals surface area contributed by atoms with E-state index in [4.69, 9.17) is 4.74 Å². The minimum absolute atomic E-state index is 0. The highest BCUT2D eigenvalue weighted by Crippen LogP contribution is 2.36. The average molecular weight is 466 g/mol. The van der Waals surface area contributed by atoms with Crippen molar-refractivity contribution in [2.24, 2.45) is 10.4 Å². The molecule has 0 aromatic heterocycles. The maximum atomic E-state index is 11.9. The van der Waals surface area contributed by atoms with Crippen molar-refractivity contribution >= 4 is 36.0 Å². The molecule has 1 heterocycles. The van der Waals surface area contributed by atoms with Gasteiger partial charge in [-0.3, -0.25) is 4.99 Å². The number of rotatable bonds is 3. The van der Waals surface area contributed by atoms with Crippen molar-refractivity contribution in [2.45, 2.75) is 71.4 Å². The second kappa shape index (κ2) is 9.28. The molecular formula is C18H35IN4O2. The van der Waals surface area contributed by atoms with Crippen LogP contribution in [0.2, 0.25) is 0 Å². The van der Waals surface area contributed by atoms with E-state index in [9.17, 15) is 4.79 Å². The molecule has 0 radical (unpaired) electrons. The lowest BCUT2D eigenvalue weighted by molar-refractivity contribution is 0.0507. The van der Waals surface area contributed by atoms with E-state index in [1.54, 1.807) is 0 Å². The third-order valence-electron chi connectivity index (χ3n) is 4.90.